The van der Waals surface area contributed by atoms with Crippen LogP contribution in [0, 0.1) is 0 Å². The van der Waals surface area contributed by atoms with Gasteiger partial charge in [-0.05, 0) is 18.2 Å². The fourth-order valence-electron chi connectivity index (χ4n) is 2.00. The van der Waals surface area contributed by atoms with E-state index in [1.807, 2.05) is 0 Å². The Balaban J connectivity index is 2.31. The molecule has 2 rings (SSSR count). The molecule has 2 aromatic carbocycles. The van der Waals surface area contributed by atoms with Crippen LogP contribution in [0.2, 0.25) is 5.02 Å². The van der Waals surface area contributed by atoms with Crippen molar-refractivity contribution in [1.82, 2.24) is 0 Å². The lowest BCUT2D eigenvalue weighted by molar-refractivity contribution is 0.102. The van der Waals surface area contributed by atoms with E-state index < -0.39 is 0 Å². The number of hydrogen-bond donors (Lipinski definition) is 2. The lowest BCUT2D eigenvalue weighted by Crippen LogP contribution is -2.12. The Kier molecular flexibility index (Phi) is 5.18. The summed E-state index contributed by atoms with van der Waals surface area (Å²) in [5.41, 5.74) is 0.773. The van der Waals surface area contributed by atoms with Crippen LogP contribution in [0.4, 0.5) is 5.69 Å². The molecule has 122 valence electrons. The van der Waals surface area contributed by atoms with E-state index in [9.17, 15) is 9.90 Å². The minimum absolute atomic E-state index is 0.0870. The van der Waals surface area contributed by atoms with Crippen LogP contribution in [0.15, 0.2) is 30.3 Å². The van der Waals surface area contributed by atoms with Crippen molar-refractivity contribution in [3.8, 4) is 23.0 Å². The molecule has 0 spiro atoms. The van der Waals surface area contributed by atoms with Gasteiger partial charge in [-0.3, -0.25) is 4.79 Å². The number of carbonyl (C=O) groups excluding carboxylic acids is 1. The Bertz CT molecular complexity index is 707. The molecule has 0 aliphatic carbocycles. The third-order valence-electron chi connectivity index (χ3n) is 3.13. The highest BCUT2D eigenvalue weighted by Crippen LogP contribution is 2.40. The summed E-state index contributed by atoms with van der Waals surface area (Å²) in [5, 5.41) is 12.2. The van der Waals surface area contributed by atoms with Crippen molar-refractivity contribution in [2.75, 3.05) is 26.6 Å². The number of amides is 1. The average Bonchev–Trinajstić information content (AvgIpc) is 2.56. The number of methoxy groups -OCH3 is 3. The van der Waals surface area contributed by atoms with Gasteiger partial charge in [-0.1, -0.05) is 11.6 Å². The lowest BCUT2D eigenvalue weighted by Gasteiger charge is -2.14. The first-order chi connectivity index (χ1) is 11.0. The molecule has 0 fully saturated rings. The summed E-state index contributed by atoms with van der Waals surface area (Å²) in [5.74, 6) is 0.801. The highest BCUT2D eigenvalue weighted by atomic mass is 35.5. The minimum atomic E-state index is -0.388. The number of aromatic hydroxyl groups is 1. The van der Waals surface area contributed by atoms with Crippen molar-refractivity contribution in [2.45, 2.75) is 0 Å². The van der Waals surface area contributed by atoms with Gasteiger partial charge in [-0.2, -0.15) is 0 Å². The standard InChI is InChI=1S/C16H16ClNO5/c1-21-13-7-10(8-14(22-2)15(13)23-3)18-16(20)9-4-5-12(19)11(17)6-9/h4-8,19H,1-3H3,(H,18,20). The van der Waals surface area contributed by atoms with Crippen molar-refractivity contribution in [3.63, 3.8) is 0 Å². The van der Waals surface area contributed by atoms with E-state index in [0.717, 1.165) is 0 Å². The molecule has 2 aromatic rings. The summed E-state index contributed by atoms with van der Waals surface area (Å²) in [6, 6.07) is 7.42. The predicted molar refractivity (Wildman–Crippen MR) is 87.2 cm³/mol. The van der Waals surface area contributed by atoms with Crippen LogP contribution in [-0.4, -0.2) is 32.3 Å². The maximum Gasteiger partial charge on any atom is 0.255 e. The zero-order valence-corrected chi connectivity index (χ0v) is 13.6. The molecule has 6 nitrogen and oxygen atoms in total. The van der Waals surface area contributed by atoms with Gasteiger partial charge < -0.3 is 24.6 Å². The van der Waals surface area contributed by atoms with Gasteiger partial charge in [0.05, 0.1) is 26.4 Å². The summed E-state index contributed by atoms with van der Waals surface area (Å²) < 4.78 is 15.7. The first-order valence-corrected chi connectivity index (χ1v) is 6.97. The number of benzene rings is 2. The summed E-state index contributed by atoms with van der Waals surface area (Å²) in [6.45, 7) is 0. The van der Waals surface area contributed by atoms with E-state index in [4.69, 9.17) is 25.8 Å². The van der Waals surface area contributed by atoms with E-state index in [0.29, 0.717) is 28.5 Å². The van der Waals surface area contributed by atoms with Gasteiger partial charge in [0.2, 0.25) is 5.75 Å². The number of rotatable bonds is 5. The third kappa shape index (κ3) is 3.60. The van der Waals surface area contributed by atoms with E-state index >= 15 is 0 Å². The van der Waals surface area contributed by atoms with Crippen molar-refractivity contribution in [3.05, 3.63) is 40.9 Å². The summed E-state index contributed by atoms with van der Waals surface area (Å²) in [4.78, 5) is 12.3. The lowest BCUT2D eigenvalue weighted by atomic mass is 10.2. The fraction of sp³-hybridized carbons (Fsp3) is 0.188. The second-order valence-corrected chi connectivity index (χ2v) is 4.94. The summed E-state index contributed by atoms with van der Waals surface area (Å²) in [7, 11) is 4.47. The van der Waals surface area contributed by atoms with Gasteiger partial charge in [-0.25, -0.2) is 0 Å². The molecule has 7 heteroatoms. The largest absolute Gasteiger partial charge is 0.506 e. The Hall–Kier alpha value is -2.60. The van der Waals surface area contributed by atoms with Gasteiger partial charge in [0.15, 0.2) is 11.5 Å². The number of phenolic OH excluding ortho intramolecular Hbond substituents is 1. The molecule has 0 aromatic heterocycles. The van der Waals surface area contributed by atoms with E-state index in [1.165, 1.54) is 39.5 Å². The number of halogens is 1. The Morgan fingerprint density at radius 2 is 1.65 bits per heavy atom. The second-order valence-electron chi connectivity index (χ2n) is 4.53. The monoisotopic (exact) mass is 337 g/mol. The molecule has 0 aliphatic rings. The normalized spacial score (nSPS) is 10.1. The van der Waals surface area contributed by atoms with Crippen LogP contribution in [0.5, 0.6) is 23.0 Å². The van der Waals surface area contributed by atoms with E-state index in [1.54, 1.807) is 12.1 Å². The average molecular weight is 338 g/mol. The SMILES string of the molecule is COc1cc(NC(=O)c2ccc(O)c(Cl)c2)cc(OC)c1OC. The molecule has 0 radical (unpaired) electrons. The van der Waals surface area contributed by atoms with Crippen molar-refractivity contribution < 1.29 is 24.1 Å². The maximum absolute atomic E-state index is 12.3. The summed E-state index contributed by atoms with van der Waals surface area (Å²) in [6.07, 6.45) is 0. The fourth-order valence-corrected chi connectivity index (χ4v) is 2.19. The van der Waals surface area contributed by atoms with Crippen LogP contribution in [0.25, 0.3) is 0 Å². The molecule has 23 heavy (non-hydrogen) atoms. The van der Waals surface area contributed by atoms with Gasteiger partial charge in [-0.15, -0.1) is 0 Å². The molecular formula is C16H16ClNO5. The third-order valence-corrected chi connectivity index (χ3v) is 3.44. The van der Waals surface area contributed by atoms with Crippen LogP contribution < -0.4 is 19.5 Å². The highest BCUT2D eigenvalue weighted by molar-refractivity contribution is 6.32. The van der Waals surface area contributed by atoms with Crippen molar-refractivity contribution >= 4 is 23.2 Å². The second kappa shape index (κ2) is 7.11. The number of ether oxygens (including phenoxy) is 3. The van der Waals surface area contributed by atoms with Crippen LogP contribution in [0.3, 0.4) is 0 Å². The van der Waals surface area contributed by atoms with Crippen LogP contribution in [-0.2, 0) is 0 Å². The first kappa shape index (κ1) is 16.8. The number of carbonyl (C=O) groups is 1. The van der Waals surface area contributed by atoms with Crippen LogP contribution in [0.1, 0.15) is 10.4 Å². The quantitative estimate of drug-likeness (QED) is 0.875. The zero-order valence-electron chi connectivity index (χ0n) is 12.8. The van der Waals surface area contributed by atoms with Crippen molar-refractivity contribution in [1.29, 1.82) is 0 Å². The molecule has 1 amide bonds. The van der Waals surface area contributed by atoms with Crippen LogP contribution >= 0.6 is 11.6 Å². The van der Waals surface area contributed by atoms with Gasteiger partial charge in [0.25, 0.3) is 5.91 Å². The Morgan fingerprint density at radius 1 is 1.04 bits per heavy atom. The Morgan fingerprint density at radius 3 is 2.13 bits per heavy atom. The molecule has 0 unspecified atom stereocenters. The zero-order chi connectivity index (χ0) is 17.0. The number of hydrogen-bond acceptors (Lipinski definition) is 5. The molecule has 0 aliphatic heterocycles. The van der Waals surface area contributed by atoms with E-state index in [2.05, 4.69) is 5.32 Å². The van der Waals surface area contributed by atoms with Gasteiger partial charge in [0.1, 0.15) is 5.75 Å². The van der Waals surface area contributed by atoms with Gasteiger partial charge >= 0.3 is 0 Å². The predicted octanol–water partition coefficient (Wildman–Crippen LogP) is 3.32. The minimum Gasteiger partial charge on any atom is -0.506 e. The van der Waals surface area contributed by atoms with Crippen molar-refractivity contribution in [2.24, 2.45) is 0 Å². The molecule has 0 bridgehead atoms. The number of nitrogens with one attached hydrogen (secondary N) is 1. The molecule has 0 saturated heterocycles. The smallest absolute Gasteiger partial charge is 0.255 e. The molecule has 0 saturated carbocycles. The van der Waals surface area contributed by atoms with Gasteiger partial charge in [0, 0.05) is 23.4 Å². The van der Waals surface area contributed by atoms with E-state index in [-0.39, 0.29) is 16.7 Å². The molecule has 0 heterocycles. The molecule has 0 atom stereocenters. The molecule has 2 N–H and O–H groups in total. The highest BCUT2D eigenvalue weighted by Gasteiger charge is 2.15. The number of phenols is 1. The Labute approximate surface area is 138 Å². The first-order valence-electron chi connectivity index (χ1n) is 6.60. The maximum atomic E-state index is 12.3. The summed E-state index contributed by atoms with van der Waals surface area (Å²) >= 11 is 5.81. The number of anilines is 1. The topological polar surface area (TPSA) is 77.0 Å². The molecular weight excluding hydrogens is 322 g/mol.